The Labute approximate surface area is 125 Å². The van der Waals surface area contributed by atoms with Gasteiger partial charge in [0.25, 0.3) is 5.91 Å². The van der Waals surface area contributed by atoms with Crippen LogP contribution in [0.4, 0.5) is 0 Å². The van der Waals surface area contributed by atoms with Crippen LogP contribution in [0, 0.1) is 5.92 Å². The van der Waals surface area contributed by atoms with Crippen molar-refractivity contribution >= 4 is 16.7 Å². The van der Waals surface area contributed by atoms with Crippen LogP contribution in [0.2, 0.25) is 0 Å². The number of carbonyl (C=O) groups is 1. The number of carbonyl (C=O) groups excluding carboxylic acids is 1. The average Bonchev–Trinajstić information content (AvgIpc) is 3.01. The largest absolute Gasteiger partial charge is 0.338 e. The Hall–Kier alpha value is -1.87. The quantitative estimate of drug-likeness (QED) is 0.940. The Balaban J connectivity index is 1.85. The van der Waals surface area contributed by atoms with Crippen molar-refractivity contribution in [2.75, 3.05) is 13.6 Å². The van der Waals surface area contributed by atoms with Crippen molar-refractivity contribution in [3.05, 3.63) is 48.0 Å². The van der Waals surface area contributed by atoms with Crippen molar-refractivity contribution < 1.29 is 4.79 Å². The molecule has 0 spiro atoms. The van der Waals surface area contributed by atoms with Crippen LogP contribution in [-0.4, -0.2) is 30.4 Å². The lowest BCUT2D eigenvalue weighted by Gasteiger charge is -2.29. The number of benzene rings is 2. The third kappa shape index (κ3) is 2.66. The zero-order valence-corrected chi connectivity index (χ0v) is 12.5. The van der Waals surface area contributed by atoms with Crippen LogP contribution in [0.5, 0.6) is 0 Å². The lowest BCUT2D eigenvalue weighted by molar-refractivity contribution is 0.0700. The summed E-state index contributed by atoms with van der Waals surface area (Å²) in [6, 6.07) is 14.3. The fourth-order valence-electron chi connectivity index (χ4n) is 3.48. The Morgan fingerprint density at radius 2 is 1.95 bits per heavy atom. The van der Waals surface area contributed by atoms with Gasteiger partial charge in [0.2, 0.25) is 0 Å². The lowest BCUT2D eigenvalue weighted by atomic mass is 10.0. The van der Waals surface area contributed by atoms with Gasteiger partial charge in [0.15, 0.2) is 0 Å². The third-order valence-corrected chi connectivity index (χ3v) is 4.74. The third-order valence-electron chi connectivity index (χ3n) is 4.74. The highest BCUT2D eigenvalue weighted by Gasteiger charge is 2.32. The van der Waals surface area contributed by atoms with Crippen molar-refractivity contribution in [1.29, 1.82) is 0 Å². The summed E-state index contributed by atoms with van der Waals surface area (Å²) in [5.74, 6) is 0.547. The molecule has 1 amide bonds. The predicted molar refractivity (Wildman–Crippen MR) is 86.2 cm³/mol. The number of rotatable bonds is 3. The number of amides is 1. The fourth-order valence-corrected chi connectivity index (χ4v) is 3.48. The van der Waals surface area contributed by atoms with E-state index in [9.17, 15) is 4.79 Å². The number of nitrogens with two attached hydrogens (primary N) is 1. The van der Waals surface area contributed by atoms with Gasteiger partial charge >= 0.3 is 0 Å². The maximum absolute atomic E-state index is 12.7. The van der Waals surface area contributed by atoms with Gasteiger partial charge in [0, 0.05) is 18.7 Å². The van der Waals surface area contributed by atoms with E-state index in [1.165, 1.54) is 6.42 Å². The first-order chi connectivity index (χ1) is 10.2. The van der Waals surface area contributed by atoms with Crippen molar-refractivity contribution in [2.45, 2.75) is 25.3 Å². The Morgan fingerprint density at radius 3 is 2.71 bits per heavy atom. The Bertz CT molecular complexity index is 652. The topological polar surface area (TPSA) is 46.3 Å². The second-order valence-corrected chi connectivity index (χ2v) is 5.97. The molecule has 0 radical (unpaired) electrons. The van der Waals surface area contributed by atoms with Gasteiger partial charge in [-0.1, -0.05) is 36.8 Å². The van der Waals surface area contributed by atoms with Crippen molar-refractivity contribution in [3.63, 3.8) is 0 Å². The van der Waals surface area contributed by atoms with Crippen LogP contribution in [0.3, 0.4) is 0 Å². The van der Waals surface area contributed by atoms with E-state index in [0.29, 0.717) is 12.5 Å². The molecule has 2 N–H and O–H groups in total. The summed E-state index contributed by atoms with van der Waals surface area (Å²) in [6.07, 6.45) is 3.37. The minimum atomic E-state index is 0.103. The summed E-state index contributed by atoms with van der Waals surface area (Å²) in [6.45, 7) is 0.667. The molecule has 1 fully saturated rings. The zero-order chi connectivity index (χ0) is 14.8. The molecule has 110 valence electrons. The van der Waals surface area contributed by atoms with E-state index >= 15 is 0 Å². The van der Waals surface area contributed by atoms with Crippen LogP contribution in [0.25, 0.3) is 10.8 Å². The summed E-state index contributed by atoms with van der Waals surface area (Å²) in [4.78, 5) is 14.6. The van der Waals surface area contributed by atoms with Crippen molar-refractivity contribution in [3.8, 4) is 0 Å². The van der Waals surface area contributed by atoms with Crippen LogP contribution >= 0.6 is 0 Å². The number of hydrogen-bond donors (Lipinski definition) is 1. The van der Waals surface area contributed by atoms with Gasteiger partial charge in [-0.2, -0.15) is 0 Å². The van der Waals surface area contributed by atoms with Crippen LogP contribution in [0.1, 0.15) is 29.6 Å². The highest BCUT2D eigenvalue weighted by atomic mass is 16.2. The molecule has 1 aliphatic rings. The van der Waals surface area contributed by atoms with Crippen LogP contribution in [0.15, 0.2) is 42.5 Å². The zero-order valence-electron chi connectivity index (χ0n) is 12.5. The molecule has 2 atom stereocenters. The van der Waals surface area contributed by atoms with E-state index in [0.717, 1.165) is 29.2 Å². The van der Waals surface area contributed by atoms with Crippen molar-refractivity contribution in [2.24, 2.45) is 11.7 Å². The van der Waals surface area contributed by atoms with E-state index in [1.807, 2.05) is 48.3 Å². The fraction of sp³-hybridized carbons (Fsp3) is 0.389. The first-order valence-electron chi connectivity index (χ1n) is 7.66. The van der Waals surface area contributed by atoms with E-state index in [1.54, 1.807) is 0 Å². The standard InChI is InChI=1S/C18H22N2O/c1-20(17-8-4-7-16(17)12-19)18(21)15-10-9-13-5-2-3-6-14(13)11-15/h2-3,5-6,9-11,16-17H,4,7-8,12,19H2,1H3. The van der Waals surface area contributed by atoms with Crippen LogP contribution in [-0.2, 0) is 0 Å². The molecule has 2 aromatic rings. The number of hydrogen-bond acceptors (Lipinski definition) is 2. The average molecular weight is 282 g/mol. The normalized spacial score (nSPS) is 21.6. The summed E-state index contributed by atoms with van der Waals surface area (Å²) < 4.78 is 0. The molecule has 21 heavy (non-hydrogen) atoms. The maximum atomic E-state index is 12.7. The molecule has 2 aromatic carbocycles. The summed E-state index contributed by atoms with van der Waals surface area (Å²) >= 11 is 0. The first kappa shape index (κ1) is 14.1. The van der Waals surface area contributed by atoms with E-state index in [4.69, 9.17) is 5.73 Å². The minimum absolute atomic E-state index is 0.103. The molecule has 0 aromatic heterocycles. The Morgan fingerprint density at radius 1 is 1.19 bits per heavy atom. The van der Waals surface area contributed by atoms with Gasteiger partial charge in [-0.05, 0) is 48.2 Å². The first-order valence-corrected chi connectivity index (χ1v) is 7.66. The number of nitrogens with zero attached hydrogens (tertiary/aromatic N) is 1. The van der Waals surface area contributed by atoms with E-state index < -0.39 is 0 Å². The predicted octanol–water partition coefficient (Wildman–Crippen LogP) is 3.04. The summed E-state index contributed by atoms with van der Waals surface area (Å²) in [5, 5.41) is 2.27. The van der Waals surface area contributed by atoms with Gasteiger partial charge in [0.05, 0.1) is 0 Å². The highest BCUT2D eigenvalue weighted by Crippen LogP contribution is 2.29. The molecule has 1 aliphatic carbocycles. The van der Waals surface area contributed by atoms with Crippen molar-refractivity contribution in [1.82, 2.24) is 4.90 Å². The monoisotopic (exact) mass is 282 g/mol. The van der Waals surface area contributed by atoms with Gasteiger partial charge in [-0.25, -0.2) is 0 Å². The molecule has 3 heteroatoms. The summed E-state index contributed by atoms with van der Waals surface area (Å²) in [5.41, 5.74) is 6.60. The lowest BCUT2D eigenvalue weighted by Crippen LogP contribution is -2.41. The molecule has 0 bridgehead atoms. The molecule has 3 nitrogen and oxygen atoms in total. The summed E-state index contributed by atoms with van der Waals surface area (Å²) in [7, 11) is 1.91. The van der Waals surface area contributed by atoms with E-state index in [-0.39, 0.29) is 11.9 Å². The molecule has 0 heterocycles. The van der Waals surface area contributed by atoms with Gasteiger partial charge in [0.1, 0.15) is 0 Å². The second kappa shape index (κ2) is 5.86. The molecular weight excluding hydrogens is 260 g/mol. The minimum Gasteiger partial charge on any atom is -0.338 e. The SMILES string of the molecule is CN(C(=O)c1ccc2ccccc2c1)C1CCCC1CN. The smallest absolute Gasteiger partial charge is 0.253 e. The molecule has 1 saturated carbocycles. The van der Waals surface area contributed by atoms with Gasteiger partial charge in [-0.15, -0.1) is 0 Å². The van der Waals surface area contributed by atoms with Crippen LogP contribution < -0.4 is 5.73 Å². The van der Waals surface area contributed by atoms with E-state index in [2.05, 4.69) is 6.07 Å². The van der Waals surface area contributed by atoms with Gasteiger partial charge in [-0.3, -0.25) is 4.79 Å². The molecule has 2 unspecified atom stereocenters. The van der Waals surface area contributed by atoms with Gasteiger partial charge < -0.3 is 10.6 Å². The molecule has 3 rings (SSSR count). The molecule has 0 saturated heterocycles. The maximum Gasteiger partial charge on any atom is 0.253 e. The molecular formula is C18H22N2O. The number of fused-ring (bicyclic) bond motifs is 1. The second-order valence-electron chi connectivity index (χ2n) is 5.97. The highest BCUT2D eigenvalue weighted by molar-refractivity contribution is 5.98. The molecule has 0 aliphatic heterocycles. The Kier molecular flexibility index (Phi) is 3.93.